The molecule has 1 aliphatic heterocycles. The summed E-state index contributed by atoms with van der Waals surface area (Å²) < 4.78 is 11.0. The summed E-state index contributed by atoms with van der Waals surface area (Å²) >= 11 is 0. The van der Waals surface area contributed by atoms with E-state index in [0.29, 0.717) is 17.4 Å². The van der Waals surface area contributed by atoms with Gasteiger partial charge in [-0.25, -0.2) is 9.97 Å². The van der Waals surface area contributed by atoms with Crippen molar-refractivity contribution in [1.82, 2.24) is 25.1 Å². The molecule has 0 fully saturated rings. The number of hydrogen-bond acceptors (Lipinski definition) is 7. The SMILES string of the molecule is COc1cc2cc3c(Nc4ccc(C)c(Nc5nccc(-c6cccnc6)n5)c4)[nH][nH]c-3c2cc1OC. The number of methoxy groups -OCH3 is 2. The number of anilines is 4. The van der Waals surface area contributed by atoms with E-state index >= 15 is 0 Å². The molecule has 0 atom stereocenters. The molecule has 37 heavy (non-hydrogen) atoms. The Morgan fingerprint density at radius 3 is 2.54 bits per heavy atom. The molecule has 0 saturated carbocycles. The maximum Gasteiger partial charge on any atom is 0.227 e. The molecular weight excluding hydrogens is 466 g/mol. The molecule has 4 N–H and O–H groups in total. The second-order valence-corrected chi connectivity index (χ2v) is 8.64. The molecule has 0 bridgehead atoms. The molecule has 4 aromatic rings. The van der Waals surface area contributed by atoms with Crippen LogP contribution in [0.3, 0.4) is 0 Å². The molecule has 9 heteroatoms. The Labute approximate surface area is 213 Å². The van der Waals surface area contributed by atoms with E-state index in [1.807, 2.05) is 49.4 Å². The second kappa shape index (κ2) is 9.19. The molecule has 184 valence electrons. The summed E-state index contributed by atoms with van der Waals surface area (Å²) in [5.74, 6) is 2.76. The fraction of sp³-hybridized carbons (Fsp3) is 0.107. The number of pyridine rings is 1. The molecule has 0 spiro atoms. The highest BCUT2D eigenvalue weighted by Crippen LogP contribution is 2.43. The van der Waals surface area contributed by atoms with Crippen LogP contribution in [0.5, 0.6) is 11.5 Å². The molecule has 1 aliphatic carbocycles. The van der Waals surface area contributed by atoms with Crippen LogP contribution >= 0.6 is 0 Å². The molecule has 0 unspecified atom stereocenters. The van der Waals surface area contributed by atoms with E-state index in [-0.39, 0.29) is 0 Å². The van der Waals surface area contributed by atoms with E-state index in [4.69, 9.17) is 9.47 Å². The van der Waals surface area contributed by atoms with Gasteiger partial charge in [0.15, 0.2) is 11.5 Å². The first-order valence-electron chi connectivity index (χ1n) is 11.8. The third-order valence-electron chi connectivity index (χ3n) is 6.34. The van der Waals surface area contributed by atoms with Crippen LogP contribution in [0.15, 0.2) is 73.2 Å². The van der Waals surface area contributed by atoms with Crippen LogP contribution in [0.1, 0.15) is 5.56 Å². The first-order valence-corrected chi connectivity index (χ1v) is 11.8. The normalized spacial score (nSPS) is 11.1. The highest BCUT2D eigenvalue weighted by atomic mass is 16.5. The molecule has 6 rings (SSSR count). The van der Waals surface area contributed by atoms with Gasteiger partial charge in [0, 0.05) is 46.5 Å². The Hall–Kier alpha value is -5.05. The van der Waals surface area contributed by atoms with Gasteiger partial charge in [-0.3, -0.25) is 15.2 Å². The van der Waals surface area contributed by atoms with Gasteiger partial charge in [0.2, 0.25) is 5.95 Å². The summed E-state index contributed by atoms with van der Waals surface area (Å²) in [5.41, 5.74) is 6.65. The Bertz CT molecular complexity index is 1670. The number of aryl methyl sites for hydroxylation is 1. The lowest BCUT2D eigenvalue weighted by Crippen LogP contribution is -2.01. The number of ether oxygens (including phenoxy) is 2. The summed E-state index contributed by atoms with van der Waals surface area (Å²) in [7, 11) is 3.28. The maximum absolute atomic E-state index is 5.49. The Balaban J connectivity index is 1.28. The van der Waals surface area contributed by atoms with Crippen LogP contribution in [-0.4, -0.2) is 39.4 Å². The predicted octanol–water partition coefficient (Wildman–Crippen LogP) is 6.27. The summed E-state index contributed by atoms with van der Waals surface area (Å²) in [6, 6.07) is 18.0. The van der Waals surface area contributed by atoms with E-state index in [9.17, 15) is 0 Å². The number of nitrogens with one attached hydrogen (secondary N) is 4. The van der Waals surface area contributed by atoms with Crippen molar-refractivity contribution in [2.24, 2.45) is 0 Å². The Morgan fingerprint density at radius 1 is 0.865 bits per heavy atom. The van der Waals surface area contributed by atoms with Crippen molar-refractivity contribution >= 4 is 33.9 Å². The van der Waals surface area contributed by atoms with Gasteiger partial charge in [0.1, 0.15) is 5.82 Å². The number of H-pyrrole nitrogens is 2. The number of nitrogens with zero attached hydrogens (tertiary/aromatic N) is 3. The summed E-state index contributed by atoms with van der Waals surface area (Å²) in [6.45, 7) is 2.04. The average Bonchev–Trinajstić information content (AvgIpc) is 3.49. The summed E-state index contributed by atoms with van der Waals surface area (Å²) in [4.78, 5) is 13.3. The zero-order valence-corrected chi connectivity index (χ0v) is 20.6. The van der Waals surface area contributed by atoms with Crippen molar-refractivity contribution in [2.75, 3.05) is 24.9 Å². The summed E-state index contributed by atoms with van der Waals surface area (Å²) in [6.07, 6.45) is 5.27. The van der Waals surface area contributed by atoms with Gasteiger partial charge in [0.05, 0.1) is 25.6 Å². The minimum atomic E-state index is 0.516. The minimum absolute atomic E-state index is 0.516. The molecule has 2 aromatic carbocycles. The van der Waals surface area contributed by atoms with Crippen LogP contribution in [0, 0.1) is 6.92 Å². The molecule has 0 radical (unpaired) electrons. The van der Waals surface area contributed by atoms with E-state index in [1.54, 1.807) is 32.8 Å². The molecule has 2 aromatic heterocycles. The fourth-order valence-corrected chi connectivity index (χ4v) is 4.42. The molecule has 9 nitrogen and oxygen atoms in total. The standard InChI is InChI=1S/C28H25N7O2/c1-16-6-7-19(13-23(16)33-28-30-10-8-22(32-28)17-5-4-9-29-15-17)31-27-21-11-18-12-24(36-2)25(37-3)14-20(18)26(21)34-35-27/h4-15,31,34-35H,1-3H3,(H,30,32,33). The molecule has 0 saturated heterocycles. The van der Waals surface area contributed by atoms with Crippen molar-refractivity contribution < 1.29 is 9.47 Å². The maximum atomic E-state index is 5.49. The third kappa shape index (κ3) is 4.16. The minimum Gasteiger partial charge on any atom is -0.493 e. The second-order valence-electron chi connectivity index (χ2n) is 8.64. The third-order valence-corrected chi connectivity index (χ3v) is 6.34. The summed E-state index contributed by atoms with van der Waals surface area (Å²) in [5, 5.41) is 15.5. The number of aromatic nitrogens is 5. The zero-order valence-electron chi connectivity index (χ0n) is 20.6. The number of aromatic amines is 2. The van der Waals surface area contributed by atoms with E-state index < -0.39 is 0 Å². The number of fused-ring (bicyclic) bond motifs is 3. The monoisotopic (exact) mass is 491 g/mol. The number of benzene rings is 2. The van der Waals surface area contributed by atoms with Crippen LogP contribution in [-0.2, 0) is 0 Å². The van der Waals surface area contributed by atoms with Crippen LogP contribution in [0.25, 0.3) is 33.3 Å². The first kappa shape index (κ1) is 22.4. The van der Waals surface area contributed by atoms with Gasteiger partial charge in [-0.1, -0.05) is 6.07 Å². The largest absolute Gasteiger partial charge is 0.493 e. The first-order chi connectivity index (χ1) is 18.1. The highest BCUT2D eigenvalue weighted by Gasteiger charge is 2.19. The van der Waals surface area contributed by atoms with Gasteiger partial charge >= 0.3 is 0 Å². The highest BCUT2D eigenvalue weighted by molar-refractivity contribution is 6.05. The average molecular weight is 492 g/mol. The van der Waals surface area contributed by atoms with Crippen molar-refractivity contribution in [3.8, 4) is 34.0 Å². The quantitative estimate of drug-likeness (QED) is 0.208. The lowest BCUT2D eigenvalue weighted by molar-refractivity contribution is 0.356. The van der Waals surface area contributed by atoms with Crippen molar-refractivity contribution in [1.29, 1.82) is 0 Å². The van der Waals surface area contributed by atoms with Crippen molar-refractivity contribution in [3.63, 3.8) is 0 Å². The van der Waals surface area contributed by atoms with Crippen LogP contribution in [0.2, 0.25) is 0 Å². The van der Waals surface area contributed by atoms with Gasteiger partial charge in [-0.05, 0) is 66.4 Å². The lowest BCUT2D eigenvalue weighted by Gasteiger charge is -2.12. The van der Waals surface area contributed by atoms with Crippen molar-refractivity contribution in [3.05, 3.63) is 78.8 Å². The van der Waals surface area contributed by atoms with E-state index in [0.717, 1.165) is 56.0 Å². The van der Waals surface area contributed by atoms with E-state index in [2.05, 4.69) is 47.9 Å². The number of hydrogen-bond donors (Lipinski definition) is 4. The number of rotatable bonds is 7. The van der Waals surface area contributed by atoms with Gasteiger partial charge in [-0.2, -0.15) is 0 Å². The molecular formula is C28H25N7O2. The molecule has 2 aliphatic rings. The van der Waals surface area contributed by atoms with E-state index in [1.165, 1.54) is 0 Å². The molecule has 3 heterocycles. The van der Waals surface area contributed by atoms with Gasteiger partial charge in [-0.15, -0.1) is 0 Å². The fourth-order valence-electron chi connectivity index (χ4n) is 4.42. The Kier molecular flexibility index (Phi) is 5.57. The van der Waals surface area contributed by atoms with Crippen LogP contribution in [0.4, 0.5) is 23.1 Å². The molecule has 0 amide bonds. The van der Waals surface area contributed by atoms with Gasteiger partial charge in [0.25, 0.3) is 0 Å². The smallest absolute Gasteiger partial charge is 0.227 e. The zero-order chi connectivity index (χ0) is 25.4. The van der Waals surface area contributed by atoms with Crippen LogP contribution < -0.4 is 20.1 Å². The predicted molar refractivity (Wildman–Crippen MR) is 145 cm³/mol. The van der Waals surface area contributed by atoms with Gasteiger partial charge < -0.3 is 20.1 Å². The Morgan fingerprint density at radius 2 is 1.73 bits per heavy atom. The topological polar surface area (TPSA) is 113 Å². The van der Waals surface area contributed by atoms with Crippen molar-refractivity contribution in [2.45, 2.75) is 6.92 Å². The lowest BCUT2D eigenvalue weighted by atomic mass is 10.1.